The van der Waals surface area contributed by atoms with Gasteiger partial charge in [-0.05, 0) is 30.5 Å². The van der Waals surface area contributed by atoms with Crippen molar-refractivity contribution in [2.45, 2.75) is 32.1 Å². The van der Waals surface area contributed by atoms with Gasteiger partial charge >= 0.3 is 0 Å². The number of thioether (sulfide) groups is 1. The SMILES string of the molecule is CCNC(=NCC(O)c1ccc(F)cc1)N1CCSC(C(C)C)C1.I. The number of benzene rings is 1. The number of nitrogens with zero attached hydrogens (tertiary/aromatic N) is 2. The van der Waals surface area contributed by atoms with Gasteiger partial charge in [-0.25, -0.2) is 4.39 Å². The number of guanidine groups is 1. The van der Waals surface area contributed by atoms with E-state index in [1.165, 1.54) is 12.1 Å². The summed E-state index contributed by atoms with van der Waals surface area (Å²) < 4.78 is 13.0. The summed E-state index contributed by atoms with van der Waals surface area (Å²) in [4.78, 5) is 6.89. The van der Waals surface area contributed by atoms with Gasteiger partial charge in [0.25, 0.3) is 0 Å². The Morgan fingerprint density at radius 3 is 2.68 bits per heavy atom. The topological polar surface area (TPSA) is 47.9 Å². The number of halogens is 2. The third-order valence-electron chi connectivity index (χ3n) is 4.14. The van der Waals surface area contributed by atoms with Gasteiger partial charge in [-0.1, -0.05) is 26.0 Å². The number of aliphatic hydroxyl groups excluding tert-OH is 1. The van der Waals surface area contributed by atoms with Crippen LogP contribution in [0.3, 0.4) is 0 Å². The normalized spacial score (nSPS) is 19.5. The zero-order chi connectivity index (χ0) is 17.5. The molecule has 1 aliphatic heterocycles. The first-order chi connectivity index (χ1) is 11.5. The fourth-order valence-electron chi connectivity index (χ4n) is 2.66. The maximum absolute atomic E-state index is 13.0. The summed E-state index contributed by atoms with van der Waals surface area (Å²) in [6, 6.07) is 5.94. The number of aliphatic imine (C=N–C) groups is 1. The van der Waals surface area contributed by atoms with Gasteiger partial charge in [0, 0.05) is 30.6 Å². The van der Waals surface area contributed by atoms with E-state index >= 15 is 0 Å². The molecule has 1 saturated heterocycles. The first kappa shape index (κ1) is 22.5. The molecular formula is C18H29FIN3OS. The standard InChI is InChI=1S/C18H28FN3OS.HI/c1-4-20-18(22-9-10-24-17(12-22)13(2)3)21-11-16(23)14-5-7-15(19)8-6-14;/h5-8,13,16-17,23H,4,9-12H2,1-3H3,(H,20,21);1H. The molecule has 1 heterocycles. The van der Waals surface area contributed by atoms with Crippen LogP contribution in [0.5, 0.6) is 0 Å². The third-order valence-corrected chi connectivity index (χ3v) is 5.68. The zero-order valence-electron chi connectivity index (χ0n) is 15.1. The van der Waals surface area contributed by atoms with E-state index in [-0.39, 0.29) is 36.3 Å². The minimum absolute atomic E-state index is 0. The average Bonchev–Trinajstić information content (AvgIpc) is 2.59. The molecule has 0 amide bonds. The van der Waals surface area contributed by atoms with E-state index in [2.05, 4.69) is 29.1 Å². The molecule has 2 N–H and O–H groups in total. The second kappa shape index (κ2) is 11.2. The Bertz CT molecular complexity index is 542. The van der Waals surface area contributed by atoms with Crippen LogP contribution in [0.4, 0.5) is 4.39 Å². The second-order valence-corrected chi connectivity index (χ2v) is 7.71. The monoisotopic (exact) mass is 481 g/mol. The Hall–Kier alpha value is -0.540. The quantitative estimate of drug-likeness (QED) is 0.384. The van der Waals surface area contributed by atoms with E-state index in [1.807, 2.05) is 18.7 Å². The molecule has 0 spiro atoms. The molecular weight excluding hydrogens is 452 g/mol. The molecule has 1 aliphatic rings. The average molecular weight is 481 g/mol. The Labute approximate surface area is 171 Å². The molecule has 2 rings (SSSR count). The molecule has 0 aliphatic carbocycles. The summed E-state index contributed by atoms with van der Waals surface area (Å²) in [5.41, 5.74) is 0.685. The highest BCUT2D eigenvalue weighted by atomic mass is 127. The molecule has 1 fully saturated rings. The van der Waals surface area contributed by atoms with Gasteiger partial charge in [0.15, 0.2) is 5.96 Å². The van der Waals surface area contributed by atoms with Crippen LogP contribution in [0.25, 0.3) is 0 Å². The molecule has 0 bridgehead atoms. The van der Waals surface area contributed by atoms with Gasteiger partial charge in [-0.3, -0.25) is 4.99 Å². The van der Waals surface area contributed by atoms with Gasteiger partial charge < -0.3 is 15.3 Å². The van der Waals surface area contributed by atoms with E-state index in [0.29, 0.717) is 16.7 Å². The van der Waals surface area contributed by atoms with Crippen molar-refractivity contribution in [2.24, 2.45) is 10.9 Å². The second-order valence-electron chi connectivity index (χ2n) is 6.36. The van der Waals surface area contributed by atoms with E-state index in [4.69, 9.17) is 0 Å². The van der Waals surface area contributed by atoms with Crippen molar-refractivity contribution in [1.82, 2.24) is 10.2 Å². The van der Waals surface area contributed by atoms with Gasteiger partial charge in [0.05, 0.1) is 12.6 Å². The van der Waals surface area contributed by atoms with Crippen LogP contribution in [0, 0.1) is 11.7 Å². The molecule has 7 heteroatoms. The molecule has 1 aromatic carbocycles. The van der Waals surface area contributed by atoms with Crippen molar-refractivity contribution in [1.29, 1.82) is 0 Å². The highest BCUT2D eigenvalue weighted by molar-refractivity contribution is 14.0. The minimum atomic E-state index is -0.723. The number of rotatable bonds is 5. The maximum atomic E-state index is 13.0. The predicted octanol–water partition coefficient (Wildman–Crippen LogP) is 3.52. The Morgan fingerprint density at radius 2 is 2.08 bits per heavy atom. The van der Waals surface area contributed by atoms with Crippen LogP contribution in [-0.4, -0.2) is 53.1 Å². The van der Waals surface area contributed by atoms with E-state index in [9.17, 15) is 9.50 Å². The van der Waals surface area contributed by atoms with Crippen LogP contribution in [-0.2, 0) is 0 Å². The summed E-state index contributed by atoms with van der Waals surface area (Å²) >= 11 is 2.02. The Balaban J connectivity index is 0.00000312. The van der Waals surface area contributed by atoms with Gasteiger partial charge in [0.2, 0.25) is 0 Å². The summed E-state index contributed by atoms with van der Waals surface area (Å²) in [7, 11) is 0. The molecule has 142 valence electrons. The molecule has 25 heavy (non-hydrogen) atoms. The van der Waals surface area contributed by atoms with Crippen LogP contribution in [0.15, 0.2) is 29.3 Å². The molecule has 2 atom stereocenters. The first-order valence-corrected chi connectivity index (χ1v) is 9.64. The van der Waals surface area contributed by atoms with Gasteiger partial charge in [-0.2, -0.15) is 11.8 Å². The lowest BCUT2D eigenvalue weighted by Gasteiger charge is -2.36. The lowest BCUT2D eigenvalue weighted by Crippen LogP contribution is -2.49. The highest BCUT2D eigenvalue weighted by Crippen LogP contribution is 2.25. The van der Waals surface area contributed by atoms with Crippen LogP contribution in [0.1, 0.15) is 32.4 Å². The smallest absolute Gasteiger partial charge is 0.194 e. The van der Waals surface area contributed by atoms with Crippen molar-refractivity contribution in [3.05, 3.63) is 35.6 Å². The Kier molecular flexibility index (Phi) is 10.1. The molecule has 4 nitrogen and oxygen atoms in total. The summed E-state index contributed by atoms with van der Waals surface area (Å²) in [6.45, 7) is 9.55. The van der Waals surface area contributed by atoms with Crippen LogP contribution >= 0.6 is 35.7 Å². The third kappa shape index (κ3) is 6.94. The molecule has 0 radical (unpaired) electrons. The number of hydrogen-bond acceptors (Lipinski definition) is 3. The lowest BCUT2D eigenvalue weighted by molar-refractivity contribution is 0.186. The Morgan fingerprint density at radius 1 is 1.40 bits per heavy atom. The highest BCUT2D eigenvalue weighted by Gasteiger charge is 2.25. The van der Waals surface area contributed by atoms with Gasteiger partial charge in [-0.15, -0.1) is 24.0 Å². The van der Waals surface area contributed by atoms with E-state index in [1.54, 1.807) is 12.1 Å². The van der Waals surface area contributed by atoms with Crippen molar-refractivity contribution in [3.8, 4) is 0 Å². The zero-order valence-corrected chi connectivity index (χ0v) is 18.3. The summed E-state index contributed by atoms with van der Waals surface area (Å²) in [6.07, 6.45) is -0.723. The summed E-state index contributed by atoms with van der Waals surface area (Å²) in [5.74, 6) is 2.27. The maximum Gasteiger partial charge on any atom is 0.194 e. The molecule has 0 aromatic heterocycles. The number of aliphatic hydroxyl groups is 1. The van der Waals surface area contributed by atoms with E-state index in [0.717, 1.165) is 31.3 Å². The fourth-order valence-corrected chi connectivity index (χ4v) is 3.96. The van der Waals surface area contributed by atoms with Crippen LogP contribution in [0.2, 0.25) is 0 Å². The minimum Gasteiger partial charge on any atom is -0.386 e. The van der Waals surface area contributed by atoms with Crippen molar-refractivity contribution >= 4 is 41.7 Å². The molecule has 1 aromatic rings. The van der Waals surface area contributed by atoms with Gasteiger partial charge in [0.1, 0.15) is 5.82 Å². The summed E-state index contributed by atoms with van der Waals surface area (Å²) in [5, 5.41) is 14.2. The predicted molar refractivity (Wildman–Crippen MR) is 115 cm³/mol. The van der Waals surface area contributed by atoms with Crippen molar-refractivity contribution in [2.75, 3.05) is 31.9 Å². The molecule has 0 saturated carbocycles. The molecule has 2 unspecified atom stereocenters. The van der Waals surface area contributed by atoms with Crippen molar-refractivity contribution in [3.63, 3.8) is 0 Å². The fraction of sp³-hybridized carbons (Fsp3) is 0.611. The van der Waals surface area contributed by atoms with Crippen molar-refractivity contribution < 1.29 is 9.50 Å². The number of nitrogens with one attached hydrogen (secondary N) is 1. The van der Waals surface area contributed by atoms with E-state index < -0.39 is 6.10 Å². The first-order valence-electron chi connectivity index (χ1n) is 8.59. The lowest BCUT2D eigenvalue weighted by atomic mass is 10.1. The largest absolute Gasteiger partial charge is 0.386 e. The van der Waals surface area contributed by atoms with Crippen LogP contribution < -0.4 is 5.32 Å². The number of hydrogen-bond donors (Lipinski definition) is 2.